The van der Waals surface area contributed by atoms with E-state index in [9.17, 15) is 4.79 Å². The van der Waals surface area contributed by atoms with E-state index < -0.39 is 6.10 Å². The van der Waals surface area contributed by atoms with Crippen LogP contribution in [0.15, 0.2) is 48.5 Å². The molecule has 0 aliphatic carbocycles. The molecule has 2 atom stereocenters. The Morgan fingerprint density at radius 2 is 1.82 bits per heavy atom. The molecule has 0 spiro atoms. The minimum atomic E-state index is -0.546. The number of anilines is 1. The summed E-state index contributed by atoms with van der Waals surface area (Å²) < 4.78 is 11.8. The van der Waals surface area contributed by atoms with E-state index in [1.807, 2.05) is 49.4 Å². The summed E-state index contributed by atoms with van der Waals surface area (Å²) in [5.41, 5.74) is 1.86. The second-order valence-electron chi connectivity index (χ2n) is 7.08. The van der Waals surface area contributed by atoms with E-state index in [4.69, 9.17) is 9.47 Å². The summed E-state index contributed by atoms with van der Waals surface area (Å²) in [5, 5.41) is 2.96. The molecule has 28 heavy (non-hydrogen) atoms. The van der Waals surface area contributed by atoms with Gasteiger partial charge in [0.1, 0.15) is 11.5 Å². The van der Waals surface area contributed by atoms with Gasteiger partial charge in [0.15, 0.2) is 6.10 Å². The number of carbonyl (C=O) groups excluding carboxylic acids is 1. The highest BCUT2D eigenvalue weighted by Crippen LogP contribution is 2.29. The van der Waals surface area contributed by atoms with Crippen molar-refractivity contribution >= 4 is 11.6 Å². The van der Waals surface area contributed by atoms with E-state index in [1.165, 1.54) is 0 Å². The number of benzene rings is 2. The average molecular weight is 384 g/mol. The third kappa shape index (κ3) is 6.29. The van der Waals surface area contributed by atoms with Gasteiger partial charge in [-0.05, 0) is 48.9 Å². The van der Waals surface area contributed by atoms with Crippen molar-refractivity contribution in [3.05, 3.63) is 54.1 Å². The molecule has 0 radical (unpaired) electrons. The Morgan fingerprint density at radius 1 is 1.04 bits per heavy atom. The maximum atomic E-state index is 12.8. The van der Waals surface area contributed by atoms with Crippen molar-refractivity contribution in [1.29, 1.82) is 0 Å². The Kier molecular flexibility index (Phi) is 8.86. The number of carbonyl (C=O) groups is 1. The Morgan fingerprint density at radius 3 is 2.54 bits per heavy atom. The monoisotopic (exact) mass is 383 g/mol. The van der Waals surface area contributed by atoms with E-state index in [0.717, 1.165) is 42.0 Å². The van der Waals surface area contributed by atoms with Crippen molar-refractivity contribution in [2.24, 2.45) is 0 Å². The lowest BCUT2D eigenvalue weighted by Crippen LogP contribution is -2.32. The zero-order valence-electron chi connectivity index (χ0n) is 17.5. The molecule has 0 heterocycles. The fourth-order valence-electron chi connectivity index (χ4n) is 2.91. The van der Waals surface area contributed by atoms with Gasteiger partial charge in [0, 0.05) is 11.8 Å². The molecule has 2 rings (SSSR count). The molecule has 1 N–H and O–H groups in total. The van der Waals surface area contributed by atoms with Gasteiger partial charge in [-0.25, -0.2) is 0 Å². The first-order chi connectivity index (χ1) is 13.6. The molecule has 0 saturated carbocycles. The normalized spacial score (nSPS) is 12.9. The first kappa shape index (κ1) is 21.8. The van der Waals surface area contributed by atoms with Crippen LogP contribution in [-0.2, 0) is 4.79 Å². The molecular formula is C24H33NO3. The van der Waals surface area contributed by atoms with Crippen LogP contribution in [-0.4, -0.2) is 18.6 Å². The van der Waals surface area contributed by atoms with Gasteiger partial charge in [-0.15, -0.1) is 0 Å². The Balaban J connectivity index is 2.05. The first-order valence-corrected chi connectivity index (χ1v) is 10.4. The van der Waals surface area contributed by atoms with Crippen LogP contribution < -0.4 is 14.8 Å². The highest BCUT2D eigenvalue weighted by atomic mass is 16.5. The number of nitrogens with one attached hydrogen (secondary N) is 1. The molecule has 0 saturated heterocycles. The van der Waals surface area contributed by atoms with Gasteiger partial charge in [-0.2, -0.15) is 0 Å². The molecule has 0 fully saturated rings. The van der Waals surface area contributed by atoms with Crippen LogP contribution in [0.5, 0.6) is 11.5 Å². The van der Waals surface area contributed by atoms with Crippen molar-refractivity contribution < 1.29 is 14.3 Å². The summed E-state index contributed by atoms with van der Waals surface area (Å²) in [6.45, 7) is 9.10. The lowest BCUT2D eigenvalue weighted by Gasteiger charge is -2.21. The van der Waals surface area contributed by atoms with E-state index in [2.05, 4.69) is 32.2 Å². The molecule has 2 aromatic carbocycles. The third-order valence-electron chi connectivity index (χ3n) is 4.86. The number of rotatable bonds is 11. The highest BCUT2D eigenvalue weighted by molar-refractivity contribution is 5.94. The topological polar surface area (TPSA) is 47.6 Å². The van der Waals surface area contributed by atoms with Crippen LogP contribution in [0, 0.1) is 0 Å². The molecule has 1 amide bonds. The summed E-state index contributed by atoms with van der Waals surface area (Å²) in [5.74, 6) is 1.79. The molecule has 152 valence electrons. The quantitative estimate of drug-likeness (QED) is 0.472. The van der Waals surface area contributed by atoms with Crippen LogP contribution in [0.2, 0.25) is 0 Å². The minimum Gasteiger partial charge on any atom is -0.494 e. The second kappa shape index (κ2) is 11.4. The summed E-state index contributed by atoms with van der Waals surface area (Å²) in [7, 11) is 0. The molecule has 4 heteroatoms. The minimum absolute atomic E-state index is 0.146. The SMILES string of the molecule is CCCCOc1cccc(NC(=O)C(CC)Oc2ccccc2C(C)CC)c1. The van der Waals surface area contributed by atoms with Crippen LogP contribution >= 0.6 is 0 Å². The predicted molar refractivity (Wildman–Crippen MR) is 115 cm³/mol. The highest BCUT2D eigenvalue weighted by Gasteiger charge is 2.21. The molecular weight excluding hydrogens is 350 g/mol. The largest absolute Gasteiger partial charge is 0.494 e. The maximum absolute atomic E-state index is 12.8. The molecule has 4 nitrogen and oxygen atoms in total. The summed E-state index contributed by atoms with van der Waals surface area (Å²) in [6, 6.07) is 15.5. The third-order valence-corrected chi connectivity index (χ3v) is 4.86. The Bertz CT molecular complexity index is 744. The van der Waals surface area contributed by atoms with Gasteiger partial charge in [-0.3, -0.25) is 4.79 Å². The van der Waals surface area contributed by atoms with E-state index in [0.29, 0.717) is 18.9 Å². The van der Waals surface area contributed by atoms with Gasteiger partial charge in [0.05, 0.1) is 6.61 Å². The molecule has 2 unspecified atom stereocenters. The van der Waals surface area contributed by atoms with E-state index in [-0.39, 0.29) is 5.91 Å². The summed E-state index contributed by atoms with van der Waals surface area (Å²) >= 11 is 0. The van der Waals surface area contributed by atoms with Crippen molar-refractivity contribution in [2.75, 3.05) is 11.9 Å². The molecule has 0 bridgehead atoms. The van der Waals surface area contributed by atoms with Crippen molar-refractivity contribution in [1.82, 2.24) is 0 Å². The Labute approximate surface area is 169 Å². The lowest BCUT2D eigenvalue weighted by molar-refractivity contribution is -0.122. The van der Waals surface area contributed by atoms with Gasteiger partial charge in [0.2, 0.25) is 0 Å². The Hall–Kier alpha value is -2.49. The van der Waals surface area contributed by atoms with Gasteiger partial charge >= 0.3 is 0 Å². The number of ether oxygens (including phenoxy) is 2. The molecule has 0 aliphatic rings. The summed E-state index contributed by atoms with van der Waals surface area (Å²) in [6.07, 6.45) is 3.17. The van der Waals surface area contributed by atoms with Gasteiger partial charge in [0.25, 0.3) is 5.91 Å². The number of hydrogen-bond donors (Lipinski definition) is 1. The van der Waals surface area contributed by atoms with Crippen molar-refractivity contribution in [3.8, 4) is 11.5 Å². The fraction of sp³-hybridized carbons (Fsp3) is 0.458. The number of para-hydroxylation sites is 1. The van der Waals surface area contributed by atoms with Crippen LogP contribution in [0.1, 0.15) is 64.9 Å². The number of amides is 1. The number of unbranched alkanes of at least 4 members (excludes halogenated alkanes) is 1. The lowest BCUT2D eigenvalue weighted by atomic mass is 9.98. The predicted octanol–water partition coefficient (Wildman–Crippen LogP) is 6.18. The standard InChI is InChI=1S/C24H33NO3/c1-5-8-16-27-20-13-11-12-19(17-20)25-24(26)22(7-3)28-23-15-10-9-14-21(23)18(4)6-2/h9-15,17-18,22H,5-8,16H2,1-4H3,(H,25,26). The maximum Gasteiger partial charge on any atom is 0.265 e. The molecule has 2 aromatic rings. The zero-order valence-corrected chi connectivity index (χ0v) is 17.5. The van der Waals surface area contributed by atoms with Gasteiger partial charge < -0.3 is 14.8 Å². The van der Waals surface area contributed by atoms with Crippen molar-refractivity contribution in [3.63, 3.8) is 0 Å². The van der Waals surface area contributed by atoms with E-state index >= 15 is 0 Å². The van der Waals surface area contributed by atoms with Gasteiger partial charge in [-0.1, -0.05) is 58.4 Å². The van der Waals surface area contributed by atoms with Crippen LogP contribution in [0.3, 0.4) is 0 Å². The fourth-order valence-corrected chi connectivity index (χ4v) is 2.91. The van der Waals surface area contributed by atoms with E-state index in [1.54, 1.807) is 0 Å². The average Bonchev–Trinajstić information content (AvgIpc) is 2.72. The van der Waals surface area contributed by atoms with Crippen LogP contribution in [0.4, 0.5) is 5.69 Å². The van der Waals surface area contributed by atoms with Crippen molar-refractivity contribution in [2.45, 2.75) is 65.4 Å². The molecule has 0 aromatic heterocycles. The second-order valence-corrected chi connectivity index (χ2v) is 7.08. The summed E-state index contributed by atoms with van der Waals surface area (Å²) in [4.78, 5) is 12.8. The van der Waals surface area contributed by atoms with Crippen LogP contribution in [0.25, 0.3) is 0 Å². The molecule has 0 aliphatic heterocycles. The number of hydrogen-bond acceptors (Lipinski definition) is 3. The first-order valence-electron chi connectivity index (χ1n) is 10.4. The zero-order chi connectivity index (χ0) is 20.4. The smallest absolute Gasteiger partial charge is 0.265 e.